The summed E-state index contributed by atoms with van der Waals surface area (Å²) in [6.07, 6.45) is 5.38. The summed E-state index contributed by atoms with van der Waals surface area (Å²) in [7, 11) is 0. The molecule has 64 valence electrons. The molecule has 0 spiro atoms. The van der Waals surface area contributed by atoms with Gasteiger partial charge in [0, 0.05) is 18.3 Å². The number of rotatable bonds is 2. The van der Waals surface area contributed by atoms with Crippen molar-refractivity contribution >= 4 is 6.21 Å². The zero-order chi connectivity index (χ0) is 8.69. The van der Waals surface area contributed by atoms with Crippen LogP contribution in [0.1, 0.15) is 47.0 Å². The van der Waals surface area contributed by atoms with Crippen LogP contribution in [0.3, 0.4) is 0 Å². The van der Waals surface area contributed by atoms with Crippen LogP contribution < -0.4 is 0 Å². The lowest BCUT2D eigenvalue weighted by molar-refractivity contribution is 0.979. The molecule has 0 aromatic carbocycles. The van der Waals surface area contributed by atoms with Crippen molar-refractivity contribution in [2.75, 3.05) is 0 Å². The molecular formula is C10H19N. The molecule has 0 saturated heterocycles. The molecule has 0 aromatic rings. The van der Waals surface area contributed by atoms with Gasteiger partial charge in [-0.3, -0.25) is 4.99 Å². The van der Waals surface area contributed by atoms with Crippen molar-refractivity contribution in [2.45, 2.75) is 47.0 Å². The lowest BCUT2D eigenvalue weighted by Gasteiger charge is -1.97. The molecule has 0 fully saturated rings. The summed E-state index contributed by atoms with van der Waals surface area (Å²) in [5.41, 5.74) is 2.84. The summed E-state index contributed by atoms with van der Waals surface area (Å²) in [4.78, 5) is 4.26. The molecule has 1 heteroatoms. The summed E-state index contributed by atoms with van der Waals surface area (Å²) in [6, 6.07) is 0. The first-order chi connectivity index (χ1) is 5.38. The van der Waals surface area contributed by atoms with Crippen molar-refractivity contribution in [3.8, 4) is 0 Å². The molecule has 1 aliphatic rings. The van der Waals surface area contributed by atoms with Crippen molar-refractivity contribution in [1.29, 1.82) is 0 Å². The van der Waals surface area contributed by atoms with Gasteiger partial charge >= 0.3 is 0 Å². The van der Waals surface area contributed by atoms with Gasteiger partial charge in [-0.05, 0) is 18.4 Å². The molecule has 0 amide bonds. The monoisotopic (exact) mass is 153 g/mol. The Kier molecular flexibility index (Phi) is 5.81. The minimum absolute atomic E-state index is 1.10. The van der Waals surface area contributed by atoms with Crippen molar-refractivity contribution in [1.82, 2.24) is 0 Å². The average Bonchev–Trinajstić information content (AvgIpc) is 2.54. The Hall–Kier alpha value is -0.590. The SMILES string of the molecule is CC.CCC1=C(CC)N=CC1. The Morgan fingerprint density at radius 3 is 2.27 bits per heavy atom. The van der Waals surface area contributed by atoms with E-state index in [0.717, 1.165) is 12.8 Å². The summed E-state index contributed by atoms with van der Waals surface area (Å²) in [5, 5.41) is 0. The second-order valence-electron chi connectivity index (χ2n) is 2.27. The highest BCUT2D eigenvalue weighted by Crippen LogP contribution is 2.20. The second kappa shape index (κ2) is 6.14. The third kappa shape index (κ3) is 2.87. The molecule has 0 radical (unpaired) electrons. The standard InChI is InChI=1S/C8H13N.C2H6/c1-3-7-5-6-9-8(7)4-2;1-2/h6H,3-5H2,1-2H3;1-2H3. The minimum Gasteiger partial charge on any atom is -0.265 e. The molecule has 1 rings (SSSR count). The van der Waals surface area contributed by atoms with E-state index in [1.54, 1.807) is 0 Å². The van der Waals surface area contributed by atoms with Crippen molar-refractivity contribution < 1.29 is 0 Å². The molecule has 1 heterocycles. The van der Waals surface area contributed by atoms with Gasteiger partial charge in [0.15, 0.2) is 0 Å². The van der Waals surface area contributed by atoms with Crippen LogP contribution in [-0.4, -0.2) is 6.21 Å². The molecule has 0 bridgehead atoms. The van der Waals surface area contributed by atoms with E-state index < -0.39 is 0 Å². The van der Waals surface area contributed by atoms with Crippen LogP contribution in [0.5, 0.6) is 0 Å². The second-order valence-corrected chi connectivity index (χ2v) is 2.27. The van der Waals surface area contributed by atoms with E-state index in [4.69, 9.17) is 0 Å². The first kappa shape index (κ1) is 10.4. The van der Waals surface area contributed by atoms with Crippen LogP contribution in [-0.2, 0) is 0 Å². The predicted octanol–water partition coefficient (Wildman–Crippen LogP) is 3.56. The number of hydrogen-bond acceptors (Lipinski definition) is 1. The number of nitrogens with zero attached hydrogens (tertiary/aromatic N) is 1. The largest absolute Gasteiger partial charge is 0.265 e. The van der Waals surface area contributed by atoms with Gasteiger partial charge in [0.1, 0.15) is 0 Å². The van der Waals surface area contributed by atoms with E-state index >= 15 is 0 Å². The highest BCUT2D eigenvalue weighted by Gasteiger charge is 2.04. The number of aliphatic imine (C=N–C) groups is 1. The van der Waals surface area contributed by atoms with Crippen LogP contribution in [0, 0.1) is 0 Å². The van der Waals surface area contributed by atoms with Crippen LogP contribution in [0.25, 0.3) is 0 Å². The Bertz CT molecular complexity index is 154. The zero-order valence-corrected chi connectivity index (χ0v) is 8.15. The Labute approximate surface area is 70.2 Å². The van der Waals surface area contributed by atoms with Gasteiger partial charge < -0.3 is 0 Å². The van der Waals surface area contributed by atoms with Crippen LogP contribution in [0.2, 0.25) is 0 Å². The first-order valence-electron chi connectivity index (χ1n) is 4.61. The van der Waals surface area contributed by atoms with E-state index in [1.165, 1.54) is 17.7 Å². The maximum atomic E-state index is 4.26. The molecule has 0 aliphatic carbocycles. The maximum Gasteiger partial charge on any atom is 0.0392 e. The summed E-state index contributed by atoms with van der Waals surface area (Å²) >= 11 is 0. The molecular weight excluding hydrogens is 134 g/mol. The molecule has 1 aliphatic heterocycles. The third-order valence-corrected chi connectivity index (χ3v) is 1.75. The smallest absolute Gasteiger partial charge is 0.0392 e. The highest BCUT2D eigenvalue weighted by atomic mass is 14.8. The zero-order valence-electron chi connectivity index (χ0n) is 8.15. The van der Waals surface area contributed by atoms with E-state index in [0.29, 0.717) is 0 Å². The van der Waals surface area contributed by atoms with Gasteiger partial charge in [-0.2, -0.15) is 0 Å². The molecule has 0 unspecified atom stereocenters. The van der Waals surface area contributed by atoms with Gasteiger partial charge in [0.25, 0.3) is 0 Å². The third-order valence-electron chi connectivity index (χ3n) is 1.75. The summed E-state index contributed by atoms with van der Waals surface area (Å²) < 4.78 is 0. The fourth-order valence-corrected chi connectivity index (χ4v) is 1.16. The molecule has 1 nitrogen and oxygen atoms in total. The Morgan fingerprint density at radius 2 is 1.91 bits per heavy atom. The first-order valence-corrected chi connectivity index (χ1v) is 4.61. The summed E-state index contributed by atoms with van der Waals surface area (Å²) in [5.74, 6) is 0. The van der Waals surface area contributed by atoms with Gasteiger partial charge in [0.05, 0.1) is 0 Å². The number of hydrogen-bond donors (Lipinski definition) is 0. The molecule has 11 heavy (non-hydrogen) atoms. The highest BCUT2D eigenvalue weighted by molar-refractivity contribution is 5.67. The Balaban J connectivity index is 0.000000461. The minimum atomic E-state index is 1.10. The van der Waals surface area contributed by atoms with Crippen molar-refractivity contribution in [3.05, 3.63) is 11.3 Å². The Morgan fingerprint density at radius 1 is 1.27 bits per heavy atom. The maximum absolute atomic E-state index is 4.26. The van der Waals surface area contributed by atoms with E-state index in [1.807, 2.05) is 20.1 Å². The number of allylic oxidation sites excluding steroid dienone is 2. The lowest BCUT2D eigenvalue weighted by atomic mass is 10.1. The molecule has 0 aromatic heterocycles. The van der Waals surface area contributed by atoms with Crippen LogP contribution >= 0.6 is 0 Å². The van der Waals surface area contributed by atoms with Gasteiger partial charge in [-0.1, -0.05) is 27.7 Å². The van der Waals surface area contributed by atoms with Crippen molar-refractivity contribution in [3.63, 3.8) is 0 Å². The van der Waals surface area contributed by atoms with Crippen LogP contribution in [0.15, 0.2) is 16.3 Å². The topological polar surface area (TPSA) is 12.4 Å². The predicted molar refractivity (Wildman–Crippen MR) is 52.1 cm³/mol. The summed E-state index contributed by atoms with van der Waals surface area (Å²) in [6.45, 7) is 8.35. The quantitative estimate of drug-likeness (QED) is 0.575. The van der Waals surface area contributed by atoms with Crippen molar-refractivity contribution in [2.24, 2.45) is 4.99 Å². The van der Waals surface area contributed by atoms with E-state index in [9.17, 15) is 0 Å². The average molecular weight is 153 g/mol. The molecule has 0 N–H and O–H groups in total. The van der Waals surface area contributed by atoms with E-state index in [2.05, 4.69) is 18.8 Å². The lowest BCUT2D eigenvalue weighted by Crippen LogP contribution is -1.79. The van der Waals surface area contributed by atoms with E-state index in [-0.39, 0.29) is 0 Å². The van der Waals surface area contributed by atoms with Crippen LogP contribution in [0.4, 0.5) is 0 Å². The molecule has 0 saturated carbocycles. The molecule has 0 atom stereocenters. The van der Waals surface area contributed by atoms with Gasteiger partial charge in [0.2, 0.25) is 0 Å². The fourth-order valence-electron chi connectivity index (χ4n) is 1.16. The van der Waals surface area contributed by atoms with Gasteiger partial charge in [-0.25, -0.2) is 0 Å². The van der Waals surface area contributed by atoms with Gasteiger partial charge in [-0.15, -0.1) is 0 Å². The fraction of sp³-hybridized carbons (Fsp3) is 0.700. The normalized spacial score (nSPS) is 14.9.